The SMILES string of the molecule is CCCC1(CCN(N)N)N(N)CCN(N)C12CC2. The van der Waals surface area contributed by atoms with Crippen LogP contribution in [0.15, 0.2) is 0 Å². The largest absolute Gasteiger partial charge is 0.268 e. The topological polar surface area (TPSA) is 114 Å². The first-order valence-corrected chi connectivity index (χ1v) is 6.80. The van der Waals surface area contributed by atoms with Gasteiger partial charge in [-0.15, -0.1) is 0 Å². The Morgan fingerprint density at radius 1 is 1.06 bits per heavy atom. The van der Waals surface area contributed by atoms with Gasteiger partial charge < -0.3 is 0 Å². The molecular formula is C11H27N7. The summed E-state index contributed by atoms with van der Waals surface area (Å²) >= 11 is 0. The molecular weight excluding hydrogens is 230 g/mol. The van der Waals surface area contributed by atoms with Gasteiger partial charge in [0.1, 0.15) is 0 Å². The Hall–Kier alpha value is -0.280. The third-order valence-corrected chi connectivity index (χ3v) is 4.72. The van der Waals surface area contributed by atoms with Gasteiger partial charge in [0.25, 0.3) is 0 Å². The van der Waals surface area contributed by atoms with E-state index in [1.165, 1.54) is 5.12 Å². The van der Waals surface area contributed by atoms with Gasteiger partial charge >= 0.3 is 0 Å². The van der Waals surface area contributed by atoms with E-state index in [1.807, 2.05) is 10.0 Å². The van der Waals surface area contributed by atoms with Crippen LogP contribution in [0, 0.1) is 0 Å². The average molecular weight is 257 g/mol. The molecule has 1 saturated carbocycles. The number of piperazine rings is 1. The minimum Gasteiger partial charge on any atom is -0.268 e. The van der Waals surface area contributed by atoms with Crippen LogP contribution < -0.4 is 23.4 Å². The smallest absolute Gasteiger partial charge is 0.0562 e. The minimum absolute atomic E-state index is 0.0337. The highest BCUT2D eigenvalue weighted by atomic mass is 15.6. The van der Waals surface area contributed by atoms with Crippen molar-refractivity contribution in [2.24, 2.45) is 23.4 Å². The van der Waals surface area contributed by atoms with E-state index in [0.29, 0.717) is 6.54 Å². The molecule has 106 valence electrons. The molecule has 0 aromatic heterocycles. The van der Waals surface area contributed by atoms with E-state index in [0.717, 1.165) is 45.2 Å². The predicted molar refractivity (Wildman–Crippen MR) is 71.1 cm³/mol. The number of nitrogens with zero attached hydrogens (tertiary/aromatic N) is 3. The summed E-state index contributed by atoms with van der Waals surface area (Å²) in [6.07, 6.45) is 5.21. The summed E-state index contributed by atoms with van der Waals surface area (Å²) in [6, 6.07) is 0. The first kappa shape index (κ1) is 14.1. The van der Waals surface area contributed by atoms with Crippen LogP contribution in [-0.2, 0) is 0 Å². The van der Waals surface area contributed by atoms with Crippen molar-refractivity contribution < 1.29 is 0 Å². The Morgan fingerprint density at radius 2 is 1.67 bits per heavy atom. The van der Waals surface area contributed by atoms with Gasteiger partial charge in [0, 0.05) is 19.6 Å². The second-order valence-corrected chi connectivity index (χ2v) is 5.69. The molecule has 1 unspecified atom stereocenters. The van der Waals surface area contributed by atoms with Gasteiger partial charge in [-0.1, -0.05) is 13.3 Å². The molecule has 1 aliphatic heterocycles. The molecule has 1 spiro atoms. The summed E-state index contributed by atoms with van der Waals surface area (Å²) in [7, 11) is 0. The molecule has 0 aromatic carbocycles. The maximum atomic E-state index is 6.32. The van der Waals surface area contributed by atoms with Gasteiger partial charge in [-0.05, 0) is 25.7 Å². The highest BCUT2D eigenvalue weighted by Crippen LogP contribution is 2.55. The molecule has 18 heavy (non-hydrogen) atoms. The maximum Gasteiger partial charge on any atom is 0.0562 e. The maximum absolute atomic E-state index is 6.32. The summed E-state index contributed by atoms with van der Waals surface area (Å²) in [4.78, 5) is 0. The van der Waals surface area contributed by atoms with Gasteiger partial charge in [0.05, 0.1) is 11.1 Å². The zero-order chi connectivity index (χ0) is 13.4. The normalized spacial score (nSPS) is 32.3. The van der Waals surface area contributed by atoms with Crippen LogP contribution in [0.2, 0.25) is 0 Å². The fraction of sp³-hybridized carbons (Fsp3) is 1.00. The van der Waals surface area contributed by atoms with Crippen LogP contribution in [0.4, 0.5) is 0 Å². The molecule has 0 aromatic rings. The lowest BCUT2D eigenvalue weighted by molar-refractivity contribution is -0.0852. The molecule has 7 nitrogen and oxygen atoms in total. The van der Waals surface area contributed by atoms with Crippen molar-refractivity contribution in [3.8, 4) is 0 Å². The molecule has 1 aliphatic carbocycles. The van der Waals surface area contributed by atoms with E-state index in [1.54, 1.807) is 0 Å². The molecule has 0 amide bonds. The summed E-state index contributed by atoms with van der Waals surface area (Å²) in [5.74, 6) is 23.7. The van der Waals surface area contributed by atoms with E-state index >= 15 is 0 Å². The molecule has 1 saturated heterocycles. The third-order valence-electron chi connectivity index (χ3n) is 4.72. The van der Waals surface area contributed by atoms with E-state index < -0.39 is 0 Å². The highest BCUT2D eigenvalue weighted by Gasteiger charge is 2.65. The number of hydrogen-bond donors (Lipinski definition) is 4. The zero-order valence-corrected chi connectivity index (χ0v) is 11.3. The summed E-state index contributed by atoms with van der Waals surface area (Å²) in [6.45, 7) is 4.44. The van der Waals surface area contributed by atoms with Crippen molar-refractivity contribution in [2.45, 2.75) is 50.1 Å². The first-order valence-electron chi connectivity index (χ1n) is 6.80. The fourth-order valence-corrected chi connectivity index (χ4v) is 3.65. The van der Waals surface area contributed by atoms with E-state index in [-0.39, 0.29) is 11.1 Å². The minimum atomic E-state index is -0.0915. The average Bonchev–Trinajstić information content (AvgIpc) is 3.10. The van der Waals surface area contributed by atoms with Crippen LogP contribution in [-0.4, -0.2) is 45.8 Å². The predicted octanol–water partition coefficient (Wildman–Crippen LogP) is -1.14. The summed E-state index contributed by atoms with van der Waals surface area (Å²) in [5.41, 5.74) is -0.0578. The quantitative estimate of drug-likeness (QED) is 0.364. The molecule has 2 fully saturated rings. The van der Waals surface area contributed by atoms with E-state index in [2.05, 4.69) is 6.92 Å². The Labute approximate surface area is 109 Å². The van der Waals surface area contributed by atoms with Gasteiger partial charge in [-0.3, -0.25) is 23.4 Å². The molecule has 2 rings (SSSR count). The standard InChI is InChI=1S/C11H27N7/c1-2-3-10(6-7-18(14)15)11(4-5-11)17(13)9-8-16(10)12/h2-9,12-15H2,1H3. The molecule has 8 N–H and O–H groups in total. The number of rotatable bonds is 5. The Balaban J connectivity index is 2.23. The number of nitrogens with two attached hydrogens (primary N) is 4. The molecule has 2 aliphatic rings. The number of hydrazine groups is 4. The van der Waals surface area contributed by atoms with E-state index in [4.69, 9.17) is 23.4 Å². The Bertz CT molecular complexity index is 291. The third kappa shape index (κ3) is 2.05. The van der Waals surface area contributed by atoms with Crippen molar-refractivity contribution in [1.82, 2.24) is 15.1 Å². The summed E-state index contributed by atoms with van der Waals surface area (Å²) in [5, 5.41) is 5.25. The lowest BCUT2D eigenvalue weighted by Gasteiger charge is -2.55. The van der Waals surface area contributed by atoms with Crippen molar-refractivity contribution in [2.75, 3.05) is 19.6 Å². The number of hydrogen-bond acceptors (Lipinski definition) is 7. The van der Waals surface area contributed by atoms with Crippen LogP contribution >= 0.6 is 0 Å². The second kappa shape index (κ2) is 5.01. The van der Waals surface area contributed by atoms with Gasteiger partial charge in [-0.2, -0.15) is 5.12 Å². The van der Waals surface area contributed by atoms with Crippen molar-refractivity contribution in [3.63, 3.8) is 0 Å². The summed E-state index contributed by atoms with van der Waals surface area (Å²) < 4.78 is 0. The van der Waals surface area contributed by atoms with Gasteiger partial charge in [0.2, 0.25) is 0 Å². The van der Waals surface area contributed by atoms with Crippen LogP contribution in [0.5, 0.6) is 0 Å². The van der Waals surface area contributed by atoms with Crippen molar-refractivity contribution in [3.05, 3.63) is 0 Å². The van der Waals surface area contributed by atoms with Crippen LogP contribution in [0.3, 0.4) is 0 Å². The van der Waals surface area contributed by atoms with Crippen LogP contribution in [0.25, 0.3) is 0 Å². The van der Waals surface area contributed by atoms with Crippen LogP contribution in [0.1, 0.15) is 39.0 Å². The molecule has 1 heterocycles. The van der Waals surface area contributed by atoms with Gasteiger partial charge in [-0.25, -0.2) is 10.0 Å². The zero-order valence-electron chi connectivity index (χ0n) is 11.3. The molecule has 7 heteroatoms. The molecule has 1 atom stereocenters. The molecule has 0 radical (unpaired) electrons. The van der Waals surface area contributed by atoms with Crippen molar-refractivity contribution >= 4 is 0 Å². The highest BCUT2D eigenvalue weighted by molar-refractivity contribution is 5.21. The van der Waals surface area contributed by atoms with Gasteiger partial charge in [0.15, 0.2) is 0 Å². The lowest BCUT2D eigenvalue weighted by atomic mass is 9.77. The fourth-order valence-electron chi connectivity index (χ4n) is 3.65. The van der Waals surface area contributed by atoms with Crippen molar-refractivity contribution in [1.29, 1.82) is 0 Å². The second-order valence-electron chi connectivity index (χ2n) is 5.69. The van der Waals surface area contributed by atoms with E-state index in [9.17, 15) is 0 Å². The Kier molecular flexibility index (Phi) is 3.93. The lowest BCUT2D eigenvalue weighted by Crippen LogP contribution is -2.74. The first-order chi connectivity index (χ1) is 8.48. The molecule has 0 bridgehead atoms. The Morgan fingerprint density at radius 3 is 2.17 bits per heavy atom. The monoisotopic (exact) mass is 257 g/mol.